The molecule has 1 fully saturated rings. The largest absolute Gasteiger partial charge is 0.390 e. The number of aliphatic hydroxyl groups excluding tert-OH is 1. The fourth-order valence-corrected chi connectivity index (χ4v) is 2.85. The summed E-state index contributed by atoms with van der Waals surface area (Å²) in [6, 6.07) is 1.66. The minimum absolute atomic E-state index is 0.0498. The summed E-state index contributed by atoms with van der Waals surface area (Å²) in [6.45, 7) is 1.95. The van der Waals surface area contributed by atoms with Crippen LogP contribution in [-0.4, -0.2) is 59.9 Å². The molecule has 7 heteroatoms. The van der Waals surface area contributed by atoms with Gasteiger partial charge in [0.2, 0.25) is 0 Å². The molecule has 0 bridgehead atoms. The number of aliphatic hydroxyl groups is 1. The van der Waals surface area contributed by atoms with Gasteiger partial charge in [-0.25, -0.2) is 14.4 Å². The van der Waals surface area contributed by atoms with Crippen molar-refractivity contribution in [2.45, 2.75) is 37.6 Å². The van der Waals surface area contributed by atoms with E-state index < -0.39 is 5.67 Å². The van der Waals surface area contributed by atoms with Gasteiger partial charge in [-0.3, -0.25) is 0 Å². The van der Waals surface area contributed by atoms with Gasteiger partial charge in [0.05, 0.1) is 45.3 Å². The maximum atomic E-state index is 14.8. The first-order chi connectivity index (χ1) is 11.7. The highest BCUT2D eigenvalue weighted by Crippen LogP contribution is 2.34. The Hall–Kier alpha value is -1.41. The minimum atomic E-state index is -1.37. The van der Waals surface area contributed by atoms with Gasteiger partial charge in [-0.1, -0.05) is 6.08 Å². The highest BCUT2D eigenvalue weighted by molar-refractivity contribution is 5.61. The molecule has 24 heavy (non-hydrogen) atoms. The molecular formula is C17H23FN2O4. The lowest BCUT2D eigenvalue weighted by Gasteiger charge is -2.29. The summed E-state index contributed by atoms with van der Waals surface area (Å²) < 4.78 is 31.1. The van der Waals surface area contributed by atoms with E-state index in [9.17, 15) is 4.39 Å². The summed E-state index contributed by atoms with van der Waals surface area (Å²) in [5.41, 5.74) is 0.117. The molecule has 1 saturated heterocycles. The molecule has 1 aromatic rings. The Bertz CT molecular complexity index is 577. The molecule has 132 valence electrons. The molecule has 0 aromatic carbocycles. The number of aromatic nitrogens is 2. The van der Waals surface area contributed by atoms with Gasteiger partial charge in [0.1, 0.15) is 11.8 Å². The lowest BCUT2D eigenvalue weighted by molar-refractivity contribution is -0.123. The van der Waals surface area contributed by atoms with E-state index in [1.165, 1.54) is 0 Å². The normalized spacial score (nSPS) is 27.8. The van der Waals surface area contributed by atoms with Crippen molar-refractivity contribution < 1.29 is 23.7 Å². The molecule has 2 atom stereocenters. The standard InChI is InChI=1S/C17H23FN2O4/c18-17(12-23-11-15-10-22-7-8-24-15)4-1-13(2-5-17)16-19-6-3-14(9-21)20-16/h1,3,6,15,21H,2,4-5,7-12H2/t15-,17?/m1/s1. The van der Waals surface area contributed by atoms with Gasteiger partial charge in [-0.15, -0.1) is 0 Å². The summed E-state index contributed by atoms with van der Waals surface area (Å²) in [5.74, 6) is 0.567. The van der Waals surface area contributed by atoms with Crippen molar-refractivity contribution in [3.05, 3.63) is 29.9 Å². The quantitative estimate of drug-likeness (QED) is 0.851. The highest BCUT2D eigenvalue weighted by atomic mass is 19.1. The predicted octanol–water partition coefficient (Wildman–Crippen LogP) is 1.68. The number of nitrogens with zero attached hydrogens (tertiary/aromatic N) is 2. The lowest BCUT2D eigenvalue weighted by Crippen LogP contribution is -2.36. The van der Waals surface area contributed by atoms with Crippen molar-refractivity contribution in [3.63, 3.8) is 0 Å². The van der Waals surface area contributed by atoms with E-state index in [0.29, 0.717) is 50.8 Å². The van der Waals surface area contributed by atoms with E-state index in [-0.39, 0.29) is 25.7 Å². The molecule has 2 heterocycles. The fourth-order valence-electron chi connectivity index (χ4n) is 2.85. The van der Waals surface area contributed by atoms with E-state index in [1.54, 1.807) is 12.3 Å². The molecule has 0 amide bonds. The maximum Gasteiger partial charge on any atom is 0.155 e. The van der Waals surface area contributed by atoms with E-state index in [2.05, 4.69) is 9.97 Å². The first kappa shape index (κ1) is 17.4. The van der Waals surface area contributed by atoms with Gasteiger partial charge in [0.15, 0.2) is 5.82 Å². The van der Waals surface area contributed by atoms with Crippen LogP contribution in [0.4, 0.5) is 4.39 Å². The first-order valence-corrected chi connectivity index (χ1v) is 8.27. The second kappa shape index (κ2) is 8.11. The van der Waals surface area contributed by atoms with E-state index in [1.807, 2.05) is 6.08 Å². The first-order valence-electron chi connectivity index (χ1n) is 8.27. The summed E-state index contributed by atoms with van der Waals surface area (Å²) in [4.78, 5) is 8.48. The zero-order valence-electron chi connectivity index (χ0n) is 13.6. The molecular weight excluding hydrogens is 315 g/mol. The maximum absolute atomic E-state index is 14.8. The number of rotatable bonds is 6. The molecule has 0 spiro atoms. The SMILES string of the molecule is OCc1ccnc(C2=CCC(F)(COC[C@H]3COCCO3)CC2)n1. The Labute approximate surface area is 140 Å². The Morgan fingerprint density at radius 3 is 3.04 bits per heavy atom. The molecule has 1 aromatic heterocycles. The van der Waals surface area contributed by atoms with Crippen molar-refractivity contribution in [1.29, 1.82) is 0 Å². The molecule has 1 N–H and O–H groups in total. The van der Waals surface area contributed by atoms with Crippen LogP contribution in [0, 0.1) is 0 Å². The Morgan fingerprint density at radius 2 is 2.33 bits per heavy atom. The number of halogens is 1. The number of ether oxygens (including phenoxy) is 3. The van der Waals surface area contributed by atoms with Gasteiger partial charge in [-0.2, -0.15) is 0 Å². The molecule has 3 rings (SSSR count). The Balaban J connectivity index is 1.51. The van der Waals surface area contributed by atoms with Crippen LogP contribution in [0.15, 0.2) is 18.3 Å². The van der Waals surface area contributed by atoms with Crippen LogP contribution < -0.4 is 0 Å². The van der Waals surface area contributed by atoms with Gasteiger partial charge >= 0.3 is 0 Å². The van der Waals surface area contributed by atoms with Crippen LogP contribution >= 0.6 is 0 Å². The molecule has 1 unspecified atom stereocenters. The van der Waals surface area contributed by atoms with Crippen LogP contribution in [0.1, 0.15) is 30.8 Å². The molecule has 0 saturated carbocycles. The minimum Gasteiger partial charge on any atom is -0.390 e. The summed E-state index contributed by atoms with van der Waals surface area (Å²) in [7, 11) is 0. The van der Waals surface area contributed by atoms with E-state index >= 15 is 0 Å². The van der Waals surface area contributed by atoms with Crippen molar-refractivity contribution in [3.8, 4) is 0 Å². The summed E-state index contributed by atoms with van der Waals surface area (Å²) in [6.07, 6.45) is 4.54. The third kappa shape index (κ3) is 4.57. The van der Waals surface area contributed by atoms with Crippen LogP contribution in [0.3, 0.4) is 0 Å². The number of alkyl halides is 1. The molecule has 1 aliphatic heterocycles. The second-order valence-corrected chi connectivity index (χ2v) is 6.20. The smallest absolute Gasteiger partial charge is 0.155 e. The number of hydrogen-bond donors (Lipinski definition) is 1. The monoisotopic (exact) mass is 338 g/mol. The molecule has 1 aliphatic carbocycles. The van der Waals surface area contributed by atoms with Crippen LogP contribution in [0.5, 0.6) is 0 Å². The zero-order valence-corrected chi connectivity index (χ0v) is 13.6. The average Bonchev–Trinajstić information content (AvgIpc) is 2.63. The Morgan fingerprint density at radius 1 is 1.42 bits per heavy atom. The van der Waals surface area contributed by atoms with Crippen LogP contribution in [0.25, 0.3) is 5.57 Å². The van der Waals surface area contributed by atoms with Crippen molar-refractivity contribution in [1.82, 2.24) is 9.97 Å². The van der Waals surface area contributed by atoms with Gasteiger partial charge in [0.25, 0.3) is 0 Å². The lowest BCUT2D eigenvalue weighted by atomic mass is 9.87. The summed E-state index contributed by atoms with van der Waals surface area (Å²) in [5, 5.41) is 9.14. The topological polar surface area (TPSA) is 73.7 Å². The predicted molar refractivity (Wildman–Crippen MR) is 85.0 cm³/mol. The molecule has 6 nitrogen and oxygen atoms in total. The third-order valence-corrected chi connectivity index (χ3v) is 4.27. The van der Waals surface area contributed by atoms with E-state index in [4.69, 9.17) is 19.3 Å². The fraction of sp³-hybridized carbons (Fsp3) is 0.647. The molecule has 0 radical (unpaired) electrons. The highest BCUT2D eigenvalue weighted by Gasteiger charge is 2.33. The zero-order chi connectivity index (χ0) is 16.8. The number of hydrogen-bond acceptors (Lipinski definition) is 6. The van der Waals surface area contributed by atoms with Crippen molar-refractivity contribution >= 4 is 5.57 Å². The number of allylic oxidation sites excluding steroid dienone is 2. The van der Waals surface area contributed by atoms with Gasteiger partial charge in [0, 0.05) is 12.6 Å². The second-order valence-electron chi connectivity index (χ2n) is 6.20. The average molecular weight is 338 g/mol. The van der Waals surface area contributed by atoms with Crippen molar-refractivity contribution in [2.24, 2.45) is 0 Å². The van der Waals surface area contributed by atoms with Gasteiger partial charge < -0.3 is 19.3 Å². The summed E-state index contributed by atoms with van der Waals surface area (Å²) >= 11 is 0. The van der Waals surface area contributed by atoms with Gasteiger partial charge in [-0.05, 0) is 24.5 Å². The van der Waals surface area contributed by atoms with E-state index in [0.717, 1.165) is 5.57 Å². The molecule has 2 aliphatic rings. The van der Waals surface area contributed by atoms with Crippen molar-refractivity contribution in [2.75, 3.05) is 33.0 Å². The Kier molecular flexibility index (Phi) is 5.89. The van der Waals surface area contributed by atoms with Crippen LogP contribution in [-0.2, 0) is 20.8 Å². The third-order valence-electron chi connectivity index (χ3n) is 4.27. The van der Waals surface area contributed by atoms with Crippen LogP contribution in [0.2, 0.25) is 0 Å².